The largest absolute Gasteiger partial charge is 0.480 e. The number of fused-ring (bicyclic) bond motifs is 1. The summed E-state index contributed by atoms with van der Waals surface area (Å²) >= 11 is 0. The third-order valence-electron chi connectivity index (χ3n) is 5.00. The molecule has 2 heterocycles. The fourth-order valence-corrected chi connectivity index (χ4v) is 3.38. The Balaban J connectivity index is 1.56. The van der Waals surface area contributed by atoms with Crippen molar-refractivity contribution in [1.29, 1.82) is 0 Å². The standard InChI is InChI=1S/C18H18N2O3/c21-16(18(7-8-18)17(22)23)20-9-5-12(6-10-20)14-11-19-15-4-2-1-3-13(14)15/h1-5,11,19H,6-10H2,(H,22,23). The van der Waals surface area contributed by atoms with E-state index in [1.807, 2.05) is 24.4 Å². The number of carboxylic acid groups (broad SMARTS) is 1. The van der Waals surface area contributed by atoms with Crippen molar-refractivity contribution in [2.75, 3.05) is 13.1 Å². The van der Waals surface area contributed by atoms with Gasteiger partial charge in [0.05, 0.1) is 0 Å². The van der Waals surface area contributed by atoms with Crippen LogP contribution in [0.5, 0.6) is 0 Å². The normalized spacial score (nSPS) is 19.5. The van der Waals surface area contributed by atoms with Gasteiger partial charge < -0.3 is 15.0 Å². The Hall–Kier alpha value is -2.56. The number of rotatable bonds is 3. The van der Waals surface area contributed by atoms with E-state index in [2.05, 4.69) is 17.1 Å². The summed E-state index contributed by atoms with van der Waals surface area (Å²) in [6.07, 6.45) is 5.75. The van der Waals surface area contributed by atoms with Crippen molar-refractivity contribution in [3.05, 3.63) is 42.1 Å². The number of amides is 1. The van der Waals surface area contributed by atoms with Crippen LogP contribution in [0.4, 0.5) is 0 Å². The minimum Gasteiger partial charge on any atom is -0.480 e. The number of nitrogens with one attached hydrogen (secondary N) is 1. The lowest BCUT2D eigenvalue weighted by molar-refractivity contribution is -0.153. The van der Waals surface area contributed by atoms with Gasteiger partial charge in [-0.05, 0) is 30.9 Å². The van der Waals surface area contributed by atoms with Gasteiger partial charge in [0.1, 0.15) is 5.41 Å². The first-order chi connectivity index (χ1) is 11.1. The monoisotopic (exact) mass is 310 g/mol. The molecule has 5 nitrogen and oxygen atoms in total. The predicted octanol–water partition coefficient (Wildman–Crippen LogP) is 2.65. The topological polar surface area (TPSA) is 73.4 Å². The molecular weight excluding hydrogens is 292 g/mol. The number of carbonyl (C=O) groups excluding carboxylic acids is 1. The van der Waals surface area contributed by atoms with Crippen LogP contribution in [0, 0.1) is 5.41 Å². The third kappa shape index (κ3) is 2.15. The second-order valence-corrected chi connectivity index (χ2v) is 6.37. The number of carboxylic acids is 1. The molecule has 5 heteroatoms. The molecule has 1 fully saturated rings. The first kappa shape index (κ1) is 14.1. The first-order valence-electron chi connectivity index (χ1n) is 7.90. The number of para-hydroxylation sites is 1. The van der Waals surface area contributed by atoms with Crippen molar-refractivity contribution in [1.82, 2.24) is 9.88 Å². The van der Waals surface area contributed by atoms with E-state index < -0.39 is 11.4 Å². The number of benzene rings is 1. The number of aromatic amines is 1. The zero-order chi connectivity index (χ0) is 16.0. The van der Waals surface area contributed by atoms with Crippen molar-refractivity contribution >= 4 is 28.4 Å². The molecule has 0 atom stereocenters. The number of aromatic nitrogens is 1. The van der Waals surface area contributed by atoms with Crippen LogP contribution in [0.2, 0.25) is 0 Å². The minimum absolute atomic E-state index is 0.223. The van der Waals surface area contributed by atoms with Crippen LogP contribution in [-0.2, 0) is 9.59 Å². The van der Waals surface area contributed by atoms with Gasteiger partial charge in [-0.25, -0.2) is 0 Å². The SMILES string of the molecule is O=C(O)C1(C(=O)N2CC=C(c3c[nH]c4ccccc34)CC2)CC1. The van der Waals surface area contributed by atoms with E-state index in [0.717, 1.165) is 11.9 Å². The fraction of sp³-hybridized carbons (Fsp3) is 0.333. The van der Waals surface area contributed by atoms with Crippen molar-refractivity contribution < 1.29 is 14.7 Å². The summed E-state index contributed by atoms with van der Waals surface area (Å²) in [5.41, 5.74) is 2.36. The maximum absolute atomic E-state index is 12.4. The van der Waals surface area contributed by atoms with Gasteiger partial charge in [0.2, 0.25) is 5.91 Å². The van der Waals surface area contributed by atoms with Crippen LogP contribution >= 0.6 is 0 Å². The maximum atomic E-state index is 12.4. The van der Waals surface area contributed by atoms with Crippen LogP contribution in [0.1, 0.15) is 24.8 Å². The molecule has 1 aliphatic carbocycles. The Morgan fingerprint density at radius 1 is 1.22 bits per heavy atom. The number of nitrogens with zero attached hydrogens (tertiary/aromatic N) is 1. The molecule has 118 valence electrons. The fourth-order valence-electron chi connectivity index (χ4n) is 3.38. The summed E-state index contributed by atoms with van der Waals surface area (Å²) in [5.74, 6) is -1.20. The van der Waals surface area contributed by atoms with Crippen LogP contribution in [0.3, 0.4) is 0 Å². The predicted molar refractivity (Wildman–Crippen MR) is 86.8 cm³/mol. The summed E-state index contributed by atoms with van der Waals surface area (Å²) in [5, 5.41) is 10.4. The van der Waals surface area contributed by atoms with E-state index in [1.165, 1.54) is 16.5 Å². The molecule has 0 radical (unpaired) electrons. The van der Waals surface area contributed by atoms with E-state index in [0.29, 0.717) is 25.9 Å². The first-order valence-corrected chi connectivity index (χ1v) is 7.90. The average Bonchev–Trinajstić information content (AvgIpc) is 3.29. The lowest BCUT2D eigenvalue weighted by Gasteiger charge is -2.28. The highest BCUT2D eigenvalue weighted by atomic mass is 16.4. The lowest BCUT2D eigenvalue weighted by Crippen LogP contribution is -2.42. The lowest BCUT2D eigenvalue weighted by atomic mass is 9.97. The van der Waals surface area contributed by atoms with Gasteiger partial charge in [-0.3, -0.25) is 9.59 Å². The molecule has 2 aliphatic rings. The quantitative estimate of drug-likeness (QED) is 0.856. The Labute approximate surface area is 133 Å². The van der Waals surface area contributed by atoms with E-state index in [9.17, 15) is 14.7 Å². The van der Waals surface area contributed by atoms with Crippen molar-refractivity contribution in [3.8, 4) is 0 Å². The van der Waals surface area contributed by atoms with E-state index >= 15 is 0 Å². The molecule has 4 rings (SSSR count). The Morgan fingerprint density at radius 3 is 2.65 bits per heavy atom. The van der Waals surface area contributed by atoms with Crippen molar-refractivity contribution in [2.24, 2.45) is 5.41 Å². The van der Waals surface area contributed by atoms with Gasteiger partial charge in [0, 0.05) is 35.8 Å². The minimum atomic E-state index is -1.13. The van der Waals surface area contributed by atoms with Crippen LogP contribution in [0.25, 0.3) is 16.5 Å². The number of H-pyrrole nitrogens is 1. The van der Waals surface area contributed by atoms with Gasteiger partial charge >= 0.3 is 5.97 Å². The van der Waals surface area contributed by atoms with Crippen LogP contribution in [-0.4, -0.2) is 40.0 Å². The molecule has 1 aliphatic heterocycles. The molecule has 1 aromatic carbocycles. The summed E-state index contributed by atoms with van der Waals surface area (Å²) in [7, 11) is 0. The number of carbonyl (C=O) groups is 2. The molecule has 1 amide bonds. The van der Waals surface area contributed by atoms with Gasteiger partial charge in [0.25, 0.3) is 0 Å². The number of aliphatic carboxylic acids is 1. The molecule has 1 saturated carbocycles. The van der Waals surface area contributed by atoms with E-state index in [4.69, 9.17) is 0 Å². The van der Waals surface area contributed by atoms with Gasteiger partial charge in [-0.2, -0.15) is 0 Å². The maximum Gasteiger partial charge on any atom is 0.319 e. The van der Waals surface area contributed by atoms with Gasteiger partial charge in [-0.1, -0.05) is 24.3 Å². The highest BCUT2D eigenvalue weighted by Crippen LogP contribution is 2.48. The summed E-state index contributed by atoms with van der Waals surface area (Å²) in [6.45, 7) is 1.07. The second kappa shape index (κ2) is 4.98. The Morgan fingerprint density at radius 2 is 2.00 bits per heavy atom. The Kier molecular flexibility index (Phi) is 3.04. The molecule has 2 aromatic rings. The molecule has 0 saturated heterocycles. The smallest absolute Gasteiger partial charge is 0.319 e. The molecule has 0 bridgehead atoms. The van der Waals surface area contributed by atoms with Crippen LogP contribution < -0.4 is 0 Å². The van der Waals surface area contributed by atoms with Gasteiger partial charge in [0.15, 0.2) is 0 Å². The van der Waals surface area contributed by atoms with E-state index in [-0.39, 0.29) is 5.91 Å². The second-order valence-electron chi connectivity index (χ2n) is 6.37. The number of hydrogen-bond donors (Lipinski definition) is 2. The third-order valence-corrected chi connectivity index (χ3v) is 5.00. The summed E-state index contributed by atoms with van der Waals surface area (Å²) in [6, 6.07) is 8.15. The molecule has 1 aromatic heterocycles. The zero-order valence-electron chi connectivity index (χ0n) is 12.7. The van der Waals surface area contributed by atoms with Crippen molar-refractivity contribution in [2.45, 2.75) is 19.3 Å². The average molecular weight is 310 g/mol. The van der Waals surface area contributed by atoms with Crippen LogP contribution in [0.15, 0.2) is 36.5 Å². The molecule has 0 spiro atoms. The van der Waals surface area contributed by atoms with Gasteiger partial charge in [-0.15, -0.1) is 0 Å². The Bertz CT molecular complexity index is 830. The summed E-state index contributed by atoms with van der Waals surface area (Å²) in [4.78, 5) is 28.7. The molecule has 0 unspecified atom stereocenters. The highest BCUT2D eigenvalue weighted by Gasteiger charge is 2.58. The van der Waals surface area contributed by atoms with E-state index in [1.54, 1.807) is 4.90 Å². The number of hydrogen-bond acceptors (Lipinski definition) is 2. The van der Waals surface area contributed by atoms with Crippen molar-refractivity contribution in [3.63, 3.8) is 0 Å². The zero-order valence-corrected chi connectivity index (χ0v) is 12.7. The molecule has 23 heavy (non-hydrogen) atoms. The molecule has 2 N–H and O–H groups in total. The highest BCUT2D eigenvalue weighted by molar-refractivity contribution is 6.05. The summed E-state index contributed by atoms with van der Waals surface area (Å²) < 4.78 is 0. The molecular formula is C18H18N2O3.